The van der Waals surface area contributed by atoms with Crippen molar-refractivity contribution in [2.75, 3.05) is 26.4 Å². The molecular formula is C21H22N8O5. The van der Waals surface area contributed by atoms with Crippen LogP contribution in [0.5, 0.6) is 0 Å². The van der Waals surface area contributed by atoms with Gasteiger partial charge in [0.25, 0.3) is 11.8 Å². The van der Waals surface area contributed by atoms with Crippen LogP contribution in [0.2, 0.25) is 0 Å². The van der Waals surface area contributed by atoms with Crippen molar-refractivity contribution in [1.29, 1.82) is 0 Å². The summed E-state index contributed by atoms with van der Waals surface area (Å²) in [6, 6.07) is 3.21. The topological polar surface area (TPSA) is 182 Å². The molecule has 1 aliphatic heterocycles. The van der Waals surface area contributed by atoms with E-state index in [1.54, 1.807) is 19.2 Å². The minimum Gasteiger partial charge on any atom is -0.387 e. The molecule has 0 radical (unpaired) electrons. The Labute approximate surface area is 193 Å². The average molecular weight is 466 g/mol. The summed E-state index contributed by atoms with van der Waals surface area (Å²) in [5.74, 6) is 4.90. The molecule has 34 heavy (non-hydrogen) atoms. The van der Waals surface area contributed by atoms with Crippen molar-refractivity contribution in [3.8, 4) is 11.8 Å². The molecule has 4 heterocycles. The first-order valence-electron chi connectivity index (χ1n) is 10.2. The number of nitrogens with two attached hydrogens (primary N) is 1. The summed E-state index contributed by atoms with van der Waals surface area (Å²) in [6.07, 6.45) is -0.893. The molecule has 1 unspecified atom stereocenters. The molecule has 1 fully saturated rings. The van der Waals surface area contributed by atoms with E-state index in [0.29, 0.717) is 5.56 Å². The maximum Gasteiger partial charge on any atom is 0.254 e. The van der Waals surface area contributed by atoms with E-state index in [-0.39, 0.29) is 35.3 Å². The number of hydrogen-bond acceptors (Lipinski definition) is 10. The second kappa shape index (κ2) is 9.40. The highest BCUT2D eigenvalue weighted by atomic mass is 16.6. The molecule has 2 amide bonds. The van der Waals surface area contributed by atoms with E-state index in [1.165, 1.54) is 35.2 Å². The van der Waals surface area contributed by atoms with Crippen LogP contribution in [0, 0.1) is 11.8 Å². The number of amides is 2. The molecule has 4 atom stereocenters. The minimum atomic E-state index is -1.45. The van der Waals surface area contributed by atoms with Gasteiger partial charge in [-0.1, -0.05) is 5.92 Å². The number of aliphatic hydroxyl groups is 2. The average Bonchev–Trinajstić information content (AvgIpc) is 3.39. The van der Waals surface area contributed by atoms with E-state index in [4.69, 9.17) is 10.5 Å². The Balaban J connectivity index is 1.57. The van der Waals surface area contributed by atoms with Gasteiger partial charge in [0.2, 0.25) is 5.82 Å². The number of anilines is 1. The lowest BCUT2D eigenvalue weighted by molar-refractivity contribution is -0.137. The lowest BCUT2D eigenvalue weighted by Crippen LogP contribution is -2.41. The summed E-state index contributed by atoms with van der Waals surface area (Å²) in [7, 11) is 3.00. The van der Waals surface area contributed by atoms with E-state index in [0.717, 1.165) is 0 Å². The number of imidazole rings is 1. The fourth-order valence-corrected chi connectivity index (χ4v) is 3.45. The number of aliphatic hydroxyl groups excluding tert-OH is 2. The third-order valence-corrected chi connectivity index (χ3v) is 5.26. The van der Waals surface area contributed by atoms with Gasteiger partial charge in [-0.25, -0.2) is 15.0 Å². The summed E-state index contributed by atoms with van der Waals surface area (Å²) in [5.41, 5.74) is 6.93. The molecule has 1 aliphatic rings. The number of likely N-dealkylation sites (N-methyl/N-ethyl adjacent to an activating group) is 1. The lowest BCUT2D eigenvalue weighted by atomic mass is 10.1. The Hall–Kier alpha value is -4.12. The lowest BCUT2D eigenvalue weighted by Gasteiger charge is -2.16. The monoisotopic (exact) mass is 466 g/mol. The van der Waals surface area contributed by atoms with Gasteiger partial charge in [0, 0.05) is 32.1 Å². The second-order valence-electron chi connectivity index (χ2n) is 7.50. The van der Waals surface area contributed by atoms with Gasteiger partial charge in [-0.15, -0.1) is 0 Å². The first-order valence-corrected chi connectivity index (χ1v) is 10.2. The smallest absolute Gasteiger partial charge is 0.254 e. The summed E-state index contributed by atoms with van der Waals surface area (Å²) in [5, 5.41) is 23.0. The maximum atomic E-state index is 12.4. The van der Waals surface area contributed by atoms with Crippen LogP contribution in [0.15, 0.2) is 30.9 Å². The zero-order valence-electron chi connectivity index (χ0n) is 18.3. The summed E-state index contributed by atoms with van der Waals surface area (Å²) >= 11 is 0. The molecule has 0 spiro atoms. The standard InChI is InChI=1S/C21H22N8O5/c1-23-19(32)16-14(30)15(31)21(34-16)29-10-25-13-17(22)26-12(27-18(13)29)4-3-9-28(2)20(33)11-5-7-24-8-6-11/h5-8,10,14-16,21,30-31H,9H2,1-2H3,(H,23,32)(H2,22,26,27)/t14-,15?,16-,21+/m0/s1. The van der Waals surface area contributed by atoms with Gasteiger partial charge in [0.15, 0.2) is 23.8 Å². The summed E-state index contributed by atoms with van der Waals surface area (Å²) in [4.78, 5) is 42.3. The second-order valence-corrected chi connectivity index (χ2v) is 7.50. The van der Waals surface area contributed by atoms with Crippen molar-refractivity contribution >= 4 is 28.8 Å². The number of nitrogens with one attached hydrogen (secondary N) is 1. The van der Waals surface area contributed by atoms with Crippen LogP contribution in [-0.2, 0) is 9.53 Å². The molecule has 13 nitrogen and oxygen atoms in total. The number of carbonyl (C=O) groups is 2. The van der Waals surface area contributed by atoms with Crippen molar-refractivity contribution in [2.45, 2.75) is 24.5 Å². The number of pyridine rings is 1. The molecule has 5 N–H and O–H groups in total. The summed E-state index contributed by atoms with van der Waals surface area (Å²) < 4.78 is 6.93. The van der Waals surface area contributed by atoms with Gasteiger partial charge in [-0.05, 0) is 18.1 Å². The highest BCUT2D eigenvalue weighted by molar-refractivity contribution is 5.94. The van der Waals surface area contributed by atoms with Crippen LogP contribution < -0.4 is 11.1 Å². The molecule has 176 valence electrons. The Kier molecular flexibility index (Phi) is 6.37. The number of carbonyl (C=O) groups excluding carboxylic acids is 2. The molecule has 4 rings (SSSR count). The number of nitrogens with zero attached hydrogens (tertiary/aromatic N) is 6. The third kappa shape index (κ3) is 4.25. The van der Waals surface area contributed by atoms with Crippen molar-refractivity contribution in [3.05, 3.63) is 42.2 Å². The fourth-order valence-electron chi connectivity index (χ4n) is 3.45. The van der Waals surface area contributed by atoms with Gasteiger partial charge >= 0.3 is 0 Å². The Morgan fingerprint density at radius 2 is 2.00 bits per heavy atom. The van der Waals surface area contributed by atoms with Crippen LogP contribution >= 0.6 is 0 Å². The van der Waals surface area contributed by atoms with Crippen molar-refractivity contribution in [3.63, 3.8) is 0 Å². The molecule has 3 aromatic heterocycles. The van der Waals surface area contributed by atoms with Crippen LogP contribution in [0.3, 0.4) is 0 Å². The van der Waals surface area contributed by atoms with Crippen molar-refractivity contribution in [2.24, 2.45) is 0 Å². The molecular weight excluding hydrogens is 444 g/mol. The molecule has 0 saturated carbocycles. The first-order chi connectivity index (χ1) is 16.3. The number of hydrogen-bond donors (Lipinski definition) is 4. The number of nitrogen functional groups attached to an aromatic ring is 1. The highest BCUT2D eigenvalue weighted by Crippen LogP contribution is 2.32. The molecule has 0 aliphatic carbocycles. The number of fused-ring (bicyclic) bond motifs is 1. The van der Waals surface area contributed by atoms with Crippen LogP contribution in [0.1, 0.15) is 22.4 Å². The number of ether oxygens (including phenoxy) is 1. The van der Waals surface area contributed by atoms with Gasteiger partial charge in [0.1, 0.15) is 17.7 Å². The zero-order valence-corrected chi connectivity index (χ0v) is 18.3. The normalized spacial score (nSPS) is 21.6. The first kappa shape index (κ1) is 23.1. The predicted molar refractivity (Wildman–Crippen MR) is 118 cm³/mol. The highest BCUT2D eigenvalue weighted by Gasteiger charge is 2.47. The van der Waals surface area contributed by atoms with E-state index in [9.17, 15) is 19.8 Å². The Morgan fingerprint density at radius 1 is 1.26 bits per heavy atom. The van der Waals surface area contributed by atoms with Crippen molar-refractivity contribution < 1.29 is 24.5 Å². The van der Waals surface area contributed by atoms with Crippen molar-refractivity contribution in [1.82, 2.24) is 34.7 Å². The quantitative estimate of drug-likeness (QED) is 0.323. The third-order valence-electron chi connectivity index (χ3n) is 5.26. The van der Waals surface area contributed by atoms with E-state index in [1.807, 2.05) is 0 Å². The SMILES string of the molecule is CNC(=O)[C@H]1O[C@@H](n2cnc3c(N)nc(C#CCN(C)C(=O)c4ccncc4)nc32)C(O)[C@@H]1O. The van der Waals surface area contributed by atoms with Gasteiger partial charge in [0.05, 0.1) is 12.9 Å². The Morgan fingerprint density at radius 3 is 2.71 bits per heavy atom. The fraction of sp³-hybridized carbons (Fsp3) is 0.333. The van der Waals surface area contributed by atoms with Gasteiger partial charge in [-0.2, -0.15) is 0 Å². The minimum absolute atomic E-state index is 0.0464. The Bertz CT molecular complexity index is 1280. The van der Waals surface area contributed by atoms with Gasteiger partial charge < -0.3 is 30.9 Å². The number of rotatable bonds is 4. The maximum absolute atomic E-state index is 12.4. The van der Waals surface area contributed by atoms with Crippen LogP contribution in [-0.4, -0.2) is 90.4 Å². The molecule has 0 aromatic carbocycles. The molecule has 1 saturated heterocycles. The predicted octanol–water partition coefficient (Wildman–Crippen LogP) is -1.71. The molecule has 13 heteroatoms. The molecule has 3 aromatic rings. The number of aromatic nitrogens is 5. The van der Waals surface area contributed by atoms with Gasteiger partial charge in [-0.3, -0.25) is 19.1 Å². The van der Waals surface area contributed by atoms with E-state index in [2.05, 4.69) is 37.1 Å². The zero-order chi connectivity index (χ0) is 24.4. The van der Waals surface area contributed by atoms with E-state index < -0.39 is 30.4 Å². The summed E-state index contributed by atoms with van der Waals surface area (Å²) in [6.45, 7) is 0.103. The van der Waals surface area contributed by atoms with E-state index >= 15 is 0 Å². The van der Waals surface area contributed by atoms with Crippen LogP contribution in [0.25, 0.3) is 11.2 Å². The largest absolute Gasteiger partial charge is 0.387 e. The van der Waals surface area contributed by atoms with Crippen LogP contribution in [0.4, 0.5) is 5.82 Å². The molecule has 0 bridgehead atoms.